The van der Waals surface area contributed by atoms with Crippen LogP contribution in [0.25, 0.3) is 0 Å². The van der Waals surface area contributed by atoms with Crippen LogP contribution in [0, 0.1) is 0 Å². The number of aryl methyl sites for hydroxylation is 1. The first-order chi connectivity index (χ1) is 7.61. The van der Waals surface area contributed by atoms with Crippen LogP contribution in [-0.2, 0) is 11.2 Å². The number of Topliss-reactive ketones (excluding diaryl/α,β-unsaturated/α-hetero) is 1. The summed E-state index contributed by atoms with van der Waals surface area (Å²) < 4.78 is 5.59. The molecule has 1 aromatic carbocycles. The van der Waals surface area contributed by atoms with Gasteiger partial charge >= 0.3 is 0 Å². The molecule has 0 aliphatic carbocycles. The lowest BCUT2D eigenvalue weighted by molar-refractivity contribution is -0.116. The van der Waals surface area contributed by atoms with Crippen molar-refractivity contribution >= 4 is 17.4 Å². The summed E-state index contributed by atoms with van der Waals surface area (Å²) in [5.41, 5.74) is 1.86. The number of rotatable bonds is 5. The number of halogens is 1. The number of alkyl halides is 1. The number of ketones is 1. The van der Waals surface area contributed by atoms with Gasteiger partial charge in [0.25, 0.3) is 0 Å². The second-order valence-corrected chi connectivity index (χ2v) is 4.03. The van der Waals surface area contributed by atoms with E-state index in [-0.39, 0.29) is 5.78 Å². The molecule has 1 rings (SSSR count). The van der Waals surface area contributed by atoms with Crippen molar-refractivity contribution in [2.24, 2.45) is 0 Å². The van der Waals surface area contributed by atoms with Crippen molar-refractivity contribution in [1.29, 1.82) is 0 Å². The Morgan fingerprint density at radius 3 is 2.62 bits per heavy atom. The van der Waals surface area contributed by atoms with E-state index < -0.39 is 5.38 Å². The summed E-state index contributed by atoms with van der Waals surface area (Å²) in [6, 6.07) is 5.76. The zero-order valence-electron chi connectivity index (χ0n) is 9.92. The average Bonchev–Trinajstić information content (AvgIpc) is 2.28. The predicted octanol–water partition coefficient (Wildman–Crippen LogP) is 3.52. The number of carbonyl (C=O) groups is 1. The van der Waals surface area contributed by atoms with Gasteiger partial charge in [-0.15, -0.1) is 11.6 Å². The number of carbonyl (C=O) groups excluding carboxylic acids is 1. The third-order valence-electron chi connectivity index (χ3n) is 2.43. The van der Waals surface area contributed by atoms with Crippen LogP contribution in [0.3, 0.4) is 0 Å². The third kappa shape index (κ3) is 2.76. The van der Waals surface area contributed by atoms with Gasteiger partial charge in [0.1, 0.15) is 11.1 Å². The smallest absolute Gasteiger partial charge is 0.152 e. The summed E-state index contributed by atoms with van der Waals surface area (Å²) in [6.07, 6.45) is 0.866. The highest BCUT2D eigenvalue weighted by Crippen LogP contribution is 2.33. The highest BCUT2D eigenvalue weighted by Gasteiger charge is 2.19. The molecule has 0 radical (unpaired) electrons. The molecular weight excluding hydrogens is 224 g/mol. The van der Waals surface area contributed by atoms with E-state index in [9.17, 15) is 4.79 Å². The second-order valence-electron chi connectivity index (χ2n) is 3.60. The van der Waals surface area contributed by atoms with E-state index >= 15 is 0 Å². The van der Waals surface area contributed by atoms with Crippen molar-refractivity contribution in [1.82, 2.24) is 0 Å². The minimum Gasteiger partial charge on any atom is -0.493 e. The molecule has 0 aliphatic heterocycles. The van der Waals surface area contributed by atoms with Crippen LogP contribution < -0.4 is 4.74 Å². The standard InChI is InChI=1S/C13H17ClO2/c1-4-10-7-6-8-11(12(14)9(3)15)13(10)16-5-2/h6-8,12H,4-5H2,1-3H3. The van der Waals surface area contributed by atoms with Gasteiger partial charge in [0.2, 0.25) is 0 Å². The molecule has 2 nitrogen and oxygen atoms in total. The summed E-state index contributed by atoms with van der Waals surface area (Å²) >= 11 is 6.08. The molecule has 0 aromatic heterocycles. The molecule has 16 heavy (non-hydrogen) atoms. The first-order valence-corrected chi connectivity index (χ1v) is 5.94. The van der Waals surface area contributed by atoms with Gasteiger partial charge in [-0.05, 0) is 25.8 Å². The summed E-state index contributed by atoms with van der Waals surface area (Å²) in [6.45, 7) is 6.05. The van der Waals surface area contributed by atoms with Gasteiger partial charge < -0.3 is 4.74 Å². The van der Waals surface area contributed by atoms with Gasteiger partial charge in [-0.1, -0.05) is 25.1 Å². The maximum atomic E-state index is 11.3. The van der Waals surface area contributed by atoms with E-state index in [1.807, 2.05) is 25.1 Å². The molecule has 0 N–H and O–H groups in total. The molecule has 3 heteroatoms. The van der Waals surface area contributed by atoms with Crippen LogP contribution in [-0.4, -0.2) is 12.4 Å². The molecule has 1 atom stereocenters. The summed E-state index contributed by atoms with van der Waals surface area (Å²) in [4.78, 5) is 11.3. The van der Waals surface area contributed by atoms with Crippen LogP contribution in [0.1, 0.15) is 37.3 Å². The van der Waals surface area contributed by atoms with Crippen LogP contribution in [0.2, 0.25) is 0 Å². The zero-order valence-corrected chi connectivity index (χ0v) is 10.7. The summed E-state index contributed by atoms with van der Waals surface area (Å²) in [5.74, 6) is 0.707. The van der Waals surface area contributed by atoms with E-state index in [0.717, 1.165) is 23.3 Å². The van der Waals surface area contributed by atoms with E-state index in [2.05, 4.69) is 6.92 Å². The number of para-hydroxylation sites is 1. The Morgan fingerprint density at radius 1 is 1.44 bits per heavy atom. The van der Waals surface area contributed by atoms with Gasteiger partial charge in [-0.3, -0.25) is 4.79 Å². The SMILES string of the molecule is CCOc1c(CC)cccc1C(Cl)C(C)=O. The number of benzene rings is 1. The lowest BCUT2D eigenvalue weighted by Crippen LogP contribution is -2.07. The first kappa shape index (κ1) is 13.0. The fourth-order valence-electron chi connectivity index (χ4n) is 1.62. The Labute approximate surface area is 102 Å². The fraction of sp³-hybridized carbons (Fsp3) is 0.462. The Kier molecular flexibility index (Phi) is 4.81. The Hall–Kier alpha value is -1.02. The van der Waals surface area contributed by atoms with E-state index in [1.54, 1.807) is 0 Å². The Morgan fingerprint density at radius 2 is 2.12 bits per heavy atom. The number of ether oxygens (including phenoxy) is 1. The topological polar surface area (TPSA) is 26.3 Å². The Bertz CT molecular complexity index is 374. The van der Waals surface area contributed by atoms with Crippen LogP contribution >= 0.6 is 11.6 Å². The van der Waals surface area contributed by atoms with Gasteiger partial charge in [-0.2, -0.15) is 0 Å². The molecule has 0 amide bonds. The van der Waals surface area contributed by atoms with Gasteiger partial charge in [0.15, 0.2) is 5.78 Å². The van der Waals surface area contributed by atoms with Crippen LogP contribution in [0.5, 0.6) is 5.75 Å². The molecule has 0 saturated heterocycles. The van der Waals surface area contributed by atoms with E-state index in [0.29, 0.717) is 6.61 Å². The molecule has 0 aliphatic rings. The van der Waals surface area contributed by atoms with Crippen molar-refractivity contribution < 1.29 is 9.53 Å². The monoisotopic (exact) mass is 240 g/mol. The zero-order chi connectivity index (χ0) is 12.1. The fourth-order valence-corrected chi connectivity index (χ4v) is 1.79. The van der Waals surface area contributed by atoms with Gasteiger partial charge in [-0.25, -0.2) is 0 Å². The van der Waals surface area contributed by atoms with Gasteiger partial charge in [0.05, 0.1) is 6.61 Å². The van der Waals surface area contributed by atoms with Crippen molar-refractivity contribution in [2.75, 3.05) is 6.61 Å². The van der Waals surface area contributed by atoms with Crippen LogP contribution in [0.15, 0.2) is 18.2 Å². The highest BCUT2D eigenvalue weighted by molar-refractivity contribution is 6.31. The predicted molar refractivity (Wildman–Crippen MR) is 66.3 cm³/mol. The van der Waals surface area contributed by atoms with E-state index in [4.69, 9.17) is 16.3 Å². The average molecular weight is 241 g/mol. The molecule has 1 unspecified atom stereocenters. The normalized spacial score (nSPS) is 12.2. The van der Waals surface area contributed by atoms with E-state index in [1.165, 1.54) is 6.92 Å². The molecular formula is C13H17ClO2. The first-order valence-electron chi connectivity index (χ1n) is 5.50. The molecule has 0 saturated carbocycles. The quantitative estimate of drug-likeness (QED) is 0.737. The minimum atomic E-state index is -0.618. The molecule has 0 bridgehead atoms. The minimum absolute atomic E-state index is 0.0594. The van der Waals surface area contributed by atoms with Crippen molar-refractivity contribution in [3.63, 3.8) is 0 Å². The largest absolute Gasteiger partial charge is 0.493 e. The third-order valence-corrected chi connectivity index (χ3v) is 2.97. The highest BCUT2D eigenvalue weighted by atomic mass is 35.5. The number of hydrogen-bond donors (Lipinski definition) is 0. The summed E-state index contributed by atoms with van der Waals surface area (Å²) in [5, 5.41) is -0.618. The molecule has 1 aromatic rings. The van der Waals surface area contributed by atoms with Gasteiger partial charge in [0, 0.05) is 5.56 Å². The van der Waals surface area contributed by atoms with Crippen LogP contribution in [0.4, 0.5) is 0 Å². The maximum Gasteiger partial charge on any atom is 0.152 e. The maximum absolute atomic E-state index is 11.3. The van der Waals surface area contributed by atoms with Crippen molar-refractivity contribution in [3.05, 3.63) is 29.3 Å². The molecule has 0 spiro atoms. The molecule has 0 fully saturated rings. The second kappa shape index (κ2) is 5.90. The lowest BCUT2D eigenvalue weighted by Gasteiger charge is -2.16. The molecule has 0 heterocycles. The van der Waals surface area contributed by atoms with Crippen molar-refractivity contribution in [3.8, 4) is 5.75 Å². The lowest BCUT2D eigenvalue weighted by atomic mass is 10.0. The van der Waals surface area contributed by atoms with Crippen molar-refractivity contribution in [2.45, 2.75) is 32.6 Å². The Balaban J connectivity index is 3.20. The number of hydrogen-bond acceptors (Lipinski definition) is 2. The molecule has 88 valence electrons. The summed E-state index contributed by atoms with van der Waals surface area (Å²) in [7, 11) is 0.